The second-order valence-corrected chi connectivity index (χ2v) is 7.12. The Morgan fingerprint density at radius 3 is 2.40 bits per heavy atom. The number of halogens is 1. The van der Waals surface area contributed by atoms with Gasteiger partial charge in [0.15, 0.2) is 0 Å². The molecule has 0 heterocycles. The van der Waals surface area contributed by atoms with Gasteiger partial charge in [0.05, 0.1) is 11.5 Å². The number of ether oxygens (including phenoxy) is 1. The Hall–Kier alpha value is -1.11. The van der Waals surface area contributed by atoms with Crippen LogP contribution in [0.5, 0.6) is 0 Å². The first-order valence-electron chi connectivity index (χ1n) is 5.98. The standard InChI is InChI=1S/C13H18ClNO4S/c1-9-7-10(2)12(20(14,17)18)8-11(9)13(16)15(3)5-6-19-4/h7-8H,5-6H2,1-4H3. The minimum absolute atomic E-state index is 0.0340. The second-order valence-electron chi connectivity index (χ2n) is 4.59. The lowest BCUT2D eigenvalue weighted by atomic mass is 10.0. The minimum Gasteiger partial charge on any atom is -0.383 e. The number of carbonyl (C=O) groups is 1. The van der Waals surface area contributed by atoms with Crippen molar-refractivity contribution in [1.82, 2.24) is 4.90 Å². The van der Waals surface area contributed by atoms with E-state index in [1.807, 2.05) is 0 Å². The van der Waals surface area contributed by atoms with E-state index < -0.39 is 9.05 Å². The van der Waals surface area contributed by atoms with Gasteiger partial charge in [0.2, 0.25) is 0 Å². The molecule has 1 aromatic rings. The largest absolute Gasteiger partial charge is 0.383 e. The highest BCUT2D eigenvalue weighted by Crippen LogP contribution is 2.24. The molecule has 0 aliphatic rings. The maximum Gasteiger partial charge on any atom is 0.261 e. The van der Waals surface area contributed by atoms with Gasteiger partial charge in [0.1, 0.15) is 0 Å². The highest BCUT2D eigenvalue weighted by molar-refractivity contribution is 8.13. The number of hydrogen-bond acceptors (Lipinski definition) is 4. The minimum atomic E-state index is -3.87. The summed E-state index contributed by atoms with van der Waals surface area (Å²) < 4.78 is 27.9. The van der Waals surface area contributed by atoms with Crippen LogP contribution in [0.2, 0.25) is 0 Å². The van der Waals surface area contributed by atoms with Crippen molar-refractivity contribution in [3.05, 3.63) is 28.8 Å². The lowest BCUT2D eigenvalue weighted by Gasteiger charge is -2.18. The number of amides is 1. The molecule has 20 heavy (non-hydrogen) atoms. The first kappa shape index (κ1) is 16.9. The lowest BCUT2D eigenvalue weighted by molar-refractivity contribution is 0.0743. The SMILES string of the molecule is COCCN(C)C(=O)c1cc(S(=O)(=O)Cl)c(C)cc1C. The van der Waals surface area contributed by atoms with E-state index in [0.29, 0.717) is 29.8 Å². The Bertz CT molecular complexity index is 613. The van der Waals surface area contributed by atoms with E-state index >= 15 is 0 Å². The van der Waals surface area contributed by atoms with Crippen molar-refractivity contribution in [2.24, 2.45) is 0 Å². The van der Waals surface area contributed by atoms with E-state index in [0.717, 1.165) is 0 Å². The first-order chi connectivity index (χ1) is 9.18. The average molecular weight is 320 g/mol. The smallest absolute Gasteiger partial charge is 0.261 e. The van der Waals surface area contributed by atoms with Crippen LogP contribution in [-0.2, 0) is 13.8 Å². The number of carbonyl (C=O) groups excluding carboxylic acids is 1. The van der Waals surface area contributed by atoms with Gasteiger partial charge in [0, 0.05) is 36.9 Å². The third-order valence-corrected chi connectivity index (χ3v) is 4.46. The van der Waals surface area contributed by atoms with E-state index in [4.69, 9.17) is 15.4 Å². The van der Waals surface area contributed by atoms with Crippen LogP contribution in [0.3, 0.4) is 0 Å². The zero-order valence-electron chi connectivity index (χ0n) is 11.9. The Kier molecular flexibility index (Phi) is 5.56. The average Bonchev–Trinajstić information content (AvgIpc) is 2.33. The van der Waals surface area contributed by atoms with Gasteiger partial charge in [-0.25, -0.2) is 8.42 Å². The molecule has 0 N–H and O–H groups in total. The molecule has 5 nitrogen and oxygen atoms in total. The highest BCUT2D eigenvalue weighted by atomic mass is 35.7. The van der Waals surface area contributed by atoms with Crippen LogP contribution in [0.1, 0.15) is 21.5 Å². The summed E-state index contributed by atoms with van der Waals surface area (Å²) in [6.45, 7) is 4.24. The molecule has 0 radical (unpaired) electrons. The van der Waals surface area contributed by atoms with Crippen LogP contribution in [0.25, 0.3) is 0 Å². The molecule has 0 fully saturated rings. The number of benzene rings is 1. The molecular formula is C13H18ClNO4S. The van der Waals surface area contributed by atoms with Crippen LogP contribution in [0, 0.1) is 13.8 Å². The van der Waals surface area contributed by atoms with Crippen molar-refractivity contribution in [3.63, 3.8) is 0 Å². The van der Waals surface area contributed by atoms with Crippen molar-refractivity contribution in [2.75, 3.05) is 27.3 Å². The van der Waals surface area contributed by atoms with Crippen LogP contribution >= 0.6 is 10.7 Å². The van der Waals surface area contributed by atoms with Gasteiger partial charge in [-0.05, 0) is 31.0 Å². The van der Waals surface area contributed by atoms with E-state index in [2.05, 4.69) is 0 Å². The molecule has 0 saturated heterocycles. The predicted molar refractivity (Wildman–Crippen MR) is 77.8 cm³/mol. The highest BCUT2D eigenvalue weighted by Gasteiger charge is 2.20. The number of rotatable bonds is 5. The maximum absolute atomic E-state index is 12.3. The number of nitrogens with zero attached hydrogens (tertiary/aromatic N) is 1. The van der Waals surface area contributed by atoms with Crippen molar-refractivity contribution in [2.45, 2.75) is 18.7 Å². The summed E-state index contributed by atoms with van der Waals surface area (Å²) in [5.74, 6) is -0.263. The van der Waals surface area contributed by atoms with Gasteiger partial charge in [-0.1, -0.05) is 6.07 Å². The normalized spacial score (nSPS) is 11.4. The molecule has 1 rings (SSSR count). The van der Waals surface area contributed by atoms with Gasteiger partial charge >= 0.3 is 0 Å². The second kappa shape index (κ2) is 6.56. The number of likely N-dealkylation sites (N-methyl/N-ethyl adjacent to an activating group) is 1. The number of hydrogen-bond donors (Lipinski definition) is 0. The third kappa shape index (κ3) is 3.94. The van der Waals surface area contributed by atoms with Crippen molar-refractivity contribution in [3.8, 4) is 0 Å². The third-order valence-electron chi connectivity index (χ3n) is 2.99. The first-order valence-corrected chi connectivity index (χ1v) is 8.29. The van der Waals surface area contributed by atoms with Crippen molar-refractivity contribution >= 4 is 25.6 Å². The van der Waals surface area contributed by atoms with E-state index in [1.165, 1.54) is 11.0 Å². The fraction of sp³-hybridized carbons (Fsp3) is 0.462. The van der Waals surface area contributed by atoms with Crippen molar-refractivity contribution in [1.29, 1.82) is 0 Å². The monoisotopic (exact) mass is 319 g/mol. The number of methoxy groups -OCH3 is 1. The molecule has 0 unspecified atom stereocenters. The summed E-state index contributed by atoms with van der Waals surface area (Å²) >= 11 is 0. The Balaban J connectivity index is 3.22. The molecule has 0 aliphatic heterocycles. The number of aryl methyl sites for hydroxylation is 2. The van der Waals surface area contributed by atoms with Crippen LogP contribution < -0.4 is 0 Å². The summed E-state index contributed by atoms with van der Waals surface area (Å²) in [5.41, 5.74) is 1.56. The molecule has 0 atom stereocenters. The van der Waals surface area contributed by atoms with Crippen molar-refractivity contribution < 1.29 is 17.9 Å². The Labute approximate surface area is 123 Å². The van der Waals surface area contributed by atoms with Gasteiger partial charge in [-0.2, -0.15) is 0 Å². The van der Waals surface area contributed by atoms with E-state index in [1.54, 1.807) is 34.1 Å². The molecule has 0 aromatic heterocycles. The molecule has 1 aromatic carbocycles. The van der Waals surface area contributed by atoms with Gasteiger partial charge < -0.3 is 9.64 Å². The maximum atomic E-state index is 12.3. The topological polar surface area (TPSA) is 63.7 Å². The van der Waals surface area contributed by atoms with E-state index in [9.17, 15) is 13.2 Å². The molecule has 0 bridgehead atoms. The molecular weight excluding hydrogens is 302 g/mol. The summed E-state index contributed by atoms with van der Waals surface area (Å²) in [5, 5.41) is 0. The zero-order chi connectivity index (χ0) is 15.5. The lowest BCUT2D eigenvalue weighted by Crippen LogP contribution is -2.30. The fourth-order valence-corrected chi connectivity index (χ4v) is 3.06. The predicted octanol–water partition coefficient (Wildman–Crippen LogP) is 1.95. The van der Waals surface area contributed by atoms with Crippen LogP contribution in [0.4, 0.5) is 0 Å². The summed E-state index contributed by atoms with van der Waals surface area (Å²) in [6.07, 6.45) is 0. The molecule has 0 saturated carbocycles. The Morgan fingerprint density at radius 1 is 1.30 bits per heavy atom. The molecule has 0 spiro atoms. The van der Waals surface area contributed by atoms with Gasteiger partial charge in [-0.15, -0.1) is 0 Å². The van der Waals surface area contributed by atoms with Crippen LogP contribution in [0.15, 0.2) is 17.0 Å². The Morgan fingerprint density at radius 2 is 1.90 bits per heavy atom. The summed E-state index contributed by atoms with van der Waals surface area (Å²) in [4.78, 5) is 13.7. The molecule has 0 aliphatic carbocycles. The van der Waals surface area contributed by atoms with Crippen LogP contribution in [-0.4, -0.2) is 46.5 Å². The van der Waals surface area contributed by atoms with E-state index in [-0.39, 0.29) is 10.8 Å². The fourth-order valence-electron chi connectivity index (χ4n) is 1.86. The summed E-state index contributed by atoms with van der Waals surface area (Å²) in [7, 11) is 4.69. The zero-order valence-corrected chi connectivity index (χ0v) is 13.5. The van der Waals surface area contributed by atoms with Gasteiger partial charge in [-0.3, -0.25) is 4.79 Å². The summed E-state index contributed by atoms with van der Waals surface area (Å²) in [6, 6.07) is 2.98. The molecule has 112 valence electrons. The van der Waals surface area contributed by atoms with Gasteiger partial charge in [0.25, 0.3) is 15.0 Å². The quantitative estimate of drug-likeness (QED) is 0.778. The molecule has 7 heteroatoms. The molecule has 1 amide bonds.